The molecule has 1 aromatic heterocycles. The SMILES string of the molecule is CC(C(=O)Nc1nnc(C(C)(C)C)s1)N1C(=O)c2cc(Cl)c(Cl)cc2C1=O. The Hall–Kier alpha value is -2.03. The van der Waals surface area contributed by atoms with E-state index in [9.17, 15) is 14.4 Å². The highest BCUT2D eigenvalue weighted by Gasteiger charge is 2.41. The molecular weight excluding hydrogens is 411 g/mol. The quantitative estimate of drug-likeness (QED) is 0.753. The number of carbonyl (C=O) groups excluding carboxylic acids is 3. The topological polar surface area (TPSA) is 92.3 Å². The van der Waals surface area contributed by atoms with E-state index >= 15 is 0 Å². The van der Waals surface area contributed by atoms with E-state index in [-0.39, 0.29) is 26.6 Å². The predicted octanol–water partition coefficient (Wildman–Crippen LogP) is 3.77. The summed E-state index contributed by atoms with van der Waals surface area (Å²) in [4.78, 5) is 38.7. The van der Waals surface area contributed by atoms with Gasteiger partial charge in [0, 0.05) is 5.41 Å². The Labute approximate surface area is 169 Å². The second-order valence-corrected chi connectivity index (χ2v) is 8.91. The van der Waals surface area contributed by atoms with E-state index in [0.29, 0.717) is 5.13 Å². The van der Waals surface area contributed by atoms with Gasteiger partial charge in [-0.3, -0.25) is 24.6 Å². The minimum atomic E-state index is -1.04. The van der Waals surface area contributed by atoms with Gasteiger partial charge in [-0.05, 0) is 19.1 Å². The Morgan fingerprint density at radius 1 is 1.11 bits per heavy atom. The number of hydrogen-bond donors (Lipinski definition) is 1. The van der Waals surface area contributed by atoms with E-state index in [0.717, 1.165) is 9.91 Å². The van der Waals surface area contributed by atoms with Gasteiger partial charge in [0.1, 0.15) is 11.0 Å². The van der Waals surface area contributed by atoms with Crippen molar-refractivity contribution in [1.29, 1.82) is 0 Å². The lowest BCUT2D eigenvalue weighted by molar-refractivity contribution is -0.119. The van der Waals surface area contributed by atoms with Crippen LogP contribution in [0.3, 0.4) is 0 Å². The number of nitrogens with one attached hydrogen (secondary N) is 1. The number of amides is 3. The van der Waals surface area contributed by atoms with Crippen LogP contribution in [0.25, 0.3) is 0 Å². The lowest BCUT2D eigenvalue weighted by atomic mass is 9.98. The van der Waals surface area contributed by atoms with Crippen molar-refractivity contribution in [2.24, 2.45) is 0 Å². The van der Waals surface area contributed by atoms with Crippen LogP contribution in [0.1, 0.15) is 53.4 Å². The van der Waals surface area contributed by atoms with Crippen LogP contribution < -0.4 is 5.32 Å². The number of carbonyl (C=O) groups is 3. The van der Waals surface area contributed by atoms with Crippen LogP contribution in [0.5, 0.6) is 0 Å². The molecule has 1 unspecified atom stereocenters. The number of anilines is 1. The van der Waals surface area contributed by atoms with Gasteiger partial charge in [0.2, 0.25) is 11.0 Å². The third kappa shape index (κ3) is 3.56. The van der Waals surface area contributed by atoms with Crippen molar-refractivity contribution in [1.82, 2.24) is 15.1 Å². The molecule has 10 heteroatoms. The summed E-state index contributed by atoms with van der Waals surface area (Å²) in [7, 11) is 0. The fourth-order valence-corrected chi connectivity index (χ4v) is 3.64. The number of benzene rings is 1. The van der Waals surface area contributed by atoms with E-state index in [1.807, 2.05) is 20.8 Å². The first-order valence-electron chi connectivity index (χ1n) is 8.02. The predicted molar refractivity (Wildman–Crippen MR) is 104 cm³/mol. The first-order valence-corrected chi connectivity index (χ1v) is 9.59. The third-order valence-electron chi connectivity index (χ3n) is 4.02. The molecule has 27 heavy (non-hydrogen) atoms. The molecule has 2 aromatic rings. The molecular formula is C17H16Cl2N4O3S. The zero-order valence-electron chi connectivity index (χ0n) is 15.0. The number of hydrogen-bond acceptors (Lipinski definition) is 6. The highest BCUT2D eigenvalue weighted by atomic mass is 35.5. The van der Waals surface area contributed by atoms with Crippen molar-refractivity contribution in [2.45, 2.75) is 39.2 Å². The van der Waals surface area contributed by atoms with E-state index < -0.39 is 23.8 Å². The van der Waals surface area contributed by atoms with Crippen molar-refractivity contribution in [3.05, 3.63) is 38.3 Å². The maximum absolute atomic E-state index is 12.6. The number of imide groups is 1. The van der Waals surface area contributed by atoms with E-state index in [2.05, 4.69) is 15.5 Å². The number of fused-ring (bicyclic) bond motifs is 1. The van der Waals surface area contributed by atoms with Crippen LogP contribution in [0.15, 0.2) is 12.1 Å². The summed E-state index contributed by atoms with van der Waals surface area (Å²) in [5.41, 5.74) is 0.0489. The Morgan fingerprint density at radius 2 is 1.63 bits per heavy atom. The van der Waals surface area contributed by atoms with Gasteiger partial charge < -0.3 is 0 Å². The molecule has 0 spiro atoms. The summed E-state index contributed by atoms with van der Waals surface area (Å²) in [6.07, 6.45) is 0. The third-order valence-corrected chi connectivity index (χ3v) is 6.01. The van der Waals surface area contributed by atoms with Gasteiger partial charge in [0.15, 0.2) is 0 Å². The molecule has 1 aliphatic rings. The summed E-state index contributed by atoms with van der Waals surface area (Å²) < 4.78 is 0. The van der Waals surface area contributed by atoms with Crippen molar-refractivity contribution >= 4 is 57.4 Å². The molecule has 1 aliphatic heterocycles. The lowest BCUT2D eigenvalue weighted by Gasteiger charge is -2.20. The Kier molecular flexibility index (Phi) is 5.00. The lowest BCUT2D eigenvalue weighted by Crippen LogP contribution is -2.45. The zero-order chi connectivity index (χ0) is 20.1. The van der Waals surface area contributed by atoms with Crippen LogP contribution in [0, 0.1) is 0 Å². The smallest absolute Gasteiger partial charge is 0.262 e. The van der Waals surface area contributed by atoms with E-state index in [1.165, 1.54) is 30.4 Å². The fourth-order valence-electron chi connectivity index (χ4n) is 2.51. The Balaban J connectivity index is 1.80. The molecule has 0 radical (unpaired) electrons. The zero-order valence-corrected chi connectivity index (χ0v) is 17.3. The van der Waals surface area contributed by atoms with Gasteiger partial charge in [0.25, 0.3) is 11.8 Å². The van der Waals surface area contributed by atoms with Gasteiger partial charge in [-0.2, -0.15) is 0 Å². The Bertz CT molecular complexity index is 927. The van der Waals surface area contributed by atoms with Crippen molar-refractivity contribution in [3.8, 4) is 0 Å². The minimum absolute atomic E-state index is 0.125. The Morgan fingerprint density at radius 3 is 2.07 bits per heavy atom. The number of rotatable bonds is 3. The molecule has 1 N–H and O–H groups in total. The van der Waals surface area contributed by atoms with Crippen LogP contribution in [-0.4, -0.2) is 38.9 Å². The number of halogens is 2. The van der Waals surface area contributed by atoms with Crippen LogP contribution in [0.4, 0.5) is 5.13 Å². The summed E-state index contributed by atoms with van der Waals surface area (Å²) in [5.74, 6) is -1.73. The summed E-state index contributed by atoms with van der Waals surface area (Å²) in [6.45, 7) is 7.41. The number of nitrogens with zero attached hydrogens (tertiary/aromatic N) is 3. The molecule has 0 saturated heterocycles. The molecule has 0 bridgehead atoms. The molecule has 0 aliphatic carbocycles. The van der Waals surface area contributed by atoms with Gasteiger partial charge in [-0.1, -0.05) is 55.3 Å². The van der Waals surface area contributed by atoms with Gasteiger partial charge in [-0.25, -0.2) is 0 Å². The van der Waals surface area contributed by atoms with Crippen molar-refractivity contribution < 1.29 is 14.4 Å². The van der Waals surface area contributed by atoms with Gasteiger partial charge >= 0.3 is 0 Å². The van der Waals surface area contributed by atoms with Crippen LogP contribution in [-0.2, 0) is 10.2 Å². The minimum Gasteiger partial charge on any atom is -0.299 e. The molecule has 3 amide bonds. The number of aromatic nitrogens is 2. The maximum atomic E-state index is 12.6. The first kappa shape index (κ1) is 19.7. The molecule has 3 rings (SSSR count). The largest absolute Gasteiger partial charge is 0.299 e. The van der Waals surface area contributed by atoms with Gasteiger partial charge in [0.05, 0.1) is 21.2 Å². The summed E-state index contributed by atoms with van der Waals surface area (Å²) in [6, 6.07) is 1.63. The average Bonchev–Trinajstić information content (AvgIpc) is 3.13. The van der Waals surface area contributed by atoms with Crippen molar-refractivity contribution in [3.63, 3.8) is 0 Å². The van der Waals surface area contributed by atoms with Crippen molar-refractivity contribution in [2.75, 3.05) is 5.32 Å². The van der Waals surface area contributed by atoms with Crippen LogP contribution >= 0.6 is 34.5 Å². The highest BCUT2D eigenvalue weighted by Crippen LogP contribution is 2.33. The standard InChI is InChI=1S/C17H16Cl2N4O3S/c1-7(12(24)20-16-22-21-15(27-16)17(2,3)4)23-13(25)8-5-10(18)11(19)6-9(8)14(23)26/h5-7H,1-4H3,(H,20,22,24). The monoisotopic (exact) mass is 426 g/mol. The second-order valence-electron chi connectivity index (χ2n) is 7.12. The normalized spacial score (nSPS) is 15.1. The molecule has 2 heterocycles. The molecule has 7 nitrogen and oxygen atoms in total. The summed E-state index contributed by atoms with van der Waals surface area (Å²) in [5, 5.41) is 12.0. The van der Waals surface area contributed by atoms with Gasteiger partial charge in [-0.15, -0.1) is 10.2 Å². The first-order chi connectivity index (χ1) is 12.5. The van der Waals surface area contributed by atoms with E-state index in [4.69, 9.17) is 23.2 Å². The average molecular weight is 427 g/mol. The molecule has 0 fully saturated rings. The molecule has 142 valence electrons. The maximum Gasteiger partial charge on any atom is 0.262 e. The second kappa shape index (κ2) is 6.85. The molecule has 0 saturated carbocycles. The summed E-state index contributed by atoms with van der Waals surface area (Å²) >= 11 is 13.1. The molecule has 1 atom stereocenters. The highest BCUT2D eigenvalue weighted by molar-refractivity contribution is 7.15. The fraction of sp³-hybridized carbons (Fsp3) is 0.353. The van der Waals surface area contributed by atoms with Crippen LogP contribution in [0.2, 0.25) is 10.0 Å². The molecule has 1 aromatic carbocycles. The van der Waals surface area contributed by atoms with E-state index in [1.54, 1.807) is 0 Å².